The fourth-order valence-corrected chi connectivity index (χ4v) is 5.03. The Labute approximate surface area is 165 Å². The Morgan fingerprint density at radius 3 is 2.50 bits per heavy atom. The lowest BCUT2D eigenvalue weighted by Crippen LogP contribution is -2.50. The molecule has 5 rings (SSSR count). The number of amides is 1. The normalized spacial score (nSPS) is 22.0. The number of nitrogens with one attached hydrogen (secondary N) is 2. The van der Waals surface area contributed by atoms with Crippen LogP contribution >= 0.6 is 0 Å². The van der Waals surface area contributed by atoms with E-state index in [1.807, 2.05) is 18.2 Å². The molecular formula is C24H27N3O. The van der Waals surface area contributed by atoms with Gasteiger partial charge in [0.1, 0.15) is 0 Å². The number of rotatable bonds is 3. The molecule has 1 atom stereocenters. The maximum Gasteiger partial charge on any atom is 0.228 e. The van der Waals surface area contributed by atoms with Crippen LogP contribution in [0.1, 0.15) is 42.0 Å². The molecule has 0 bridgehead atoms. The second kappa shape index (κ2) is 6.78. The number of aromatic nitrogens is 1. The first kappa shape index (κ1) is 17.5. The number of nitrogens with zero attached hydrogens (tertiary/aromatic N) is 1. The third kappa shape index (κ3) is 3.02. The van der Waals surface area contributed by atoms with Gasteiger partial charge in [-0.15, -0.1) is 0 Å². The highest BCUT2D eigenvalue weighted by Gasteiger charge is 2.46. The van der Waals surface area contributed by atoms with E-state index >= 15 is 0 Å². The lowest BCUT2D eigenvalue weighted by molar-refractivity contribution is -0.121. The zero-order chi connectivity index (χ0) is 19.1. The number of hydrogen-bond acceptors (Lipinski definition) is 2. The van der Waals surface area contributed by atoms with Gasteiger partial charge in [0.2, 0.25) is 5.91 Å². The second-order valence-electron chi connectivity index (χ2n) is 8.49. The van der Waals surface area contributed by atoms with Crippen LogP contribution in [0.25, 0.3) is 10.9 Å². The zero-order valence-electron chi connectivity index (χ0n) is 16.4. The fraction of sp³-hybridized carbons (Fsp3) is 0.375. The monoisotopic (exact) mass is 373 g/mol. The molecule has 0 aliphatic carbocycles. The lowest BCUT2D eigenvalue weighted by Gasteiger charge is -2.39. The summed E-state index contributed by atoms with van der Waals surface area (Å²) >= 11 is 0. The standard InChI is InChI=1S/C24H27N3O/c1-17-19-9-5-6-10-21(19)25-22(17)16-27-13-11-24(12-14-27)15-20(23(28)26-24)18-7-3-2-4-8-18/h2-10,20,25H,11-16H2,1H3,(H,26,28)/t20-/m1/s1. The van der Waals surface area contributed by atoms with E-state index in [1.165, 1.54) is 22.2 Å². The van der Waals surface area contributed by atoms with Gasteiger partial charge in [-0.1, -0.05) is 48.5 Å². The van der Waals surface area contributed by atoms with E-state index in [2.05, 4.69) is 58.5 Å². The van der Waals surface area contributed by atoms with Crippen LogP contribution in [0.2, 0.25) is 0 Å². The molecule has 2 aliphatic heterocycles. The van der Waals surface area contributed by atoms with E-state index in [4.69, 9.17) is 0 Å². The molecule has 2 fully saturated rings. The molecule has 4 heteroatoms. The number of benzene rings is 2. The highest BCUT2D eigenvalue weighted by Crippen LogP contribution is 2.39. The number of likely N-dealkylation sites (tertiary alicyclic amines) is 1. The summed E-state index contributed by atoms with van der Waals surface area (Å²) in [6.07, 6.45) is 2.98. The van der Waals surface area contributed by atoms with Gasteiger partial charge in [0, 0.05) is 41.8 Å². The highest BCUT2D eigenvalue weighted by atomic mass is 16.2. The van der Waals surface area contributed by atoms with Gasteiger partial charge in [0.25, 0.3) is 0 Å². The summed E-state index contributed by atoms with van der Waals surface area (Å²) in [4.78, 5) is 18.8. The Morgan fingerprint density at radius 2 is 1.75 bits per heavy atom. The number of aromatic amines is 1. The summed E-state index contributed by atoms with van der Waals surface area (Å²) in [6, 6.07) is 18.7. The van der Waals surface area contributed by atoms with Crippen molar-refractivity contribution >= 4 is 16.8 Å². The number of aryl methyl sites for hydroxylation is 1. The van der Waals surface area contributed by atoms with Gasteiger partial charge in [-0.25, -0.2) is 0 Å². The summed E-state index contributed by atoms with van der Waals surface area (Å²) in [5.41, 5.74) is 5.01. The molecule has 2 aromatic carbocycles. The predicted molar refractivity (Wildman–Crippen MR) is 112 cm³/mol. The third-order valence-corrected chi connectivity index (χ3v) is 6.77. The maximum atomic E-state index is 12.6. The van der Waals surface area contributed by atoms with Crippen molar-refractivity contribution in [3.8, 4) is 0 Å². The van der Waals surface area contributed by atoms with Crippen molar-refractivity contribution in [2.45, 2.75) is 44.2 Å². The molecule has 1 aromatic heterocycles. The van der Waals surface area contributed by atoms with Crippen molar-refractivity contribution in [2.75, 3.05) is 13.1 Å². The minimum atomic E-state index is -0.0242. The van der Waals surface area contributed by atoms with E-state index in [1.54, 1.807) is 0 Å². The second-order valence-corrected chi connectivity index (χ2v) is 8.49. The Kier molecular flexibility index (Phi) is 4.24. The number of carbonyl (C=O) groups excluding carboxylic acids is 1. The minimum Gasteiger partial charge on any atom is -0.357 e. The molecule has 2 aliphatic rings. The van der Waals surface area contributed by atoms with Gasteiger partial charge >= 0.3 is 0 Å². The summed E-state index contributed by atoms with van der Waals surface area (Å²) in [5, 5.41) is 4.68. The van der Waals surface area contributed by atoms with Crippen molar-refractivity contribution < 1.29 is 4.79 Å². The third-order valence-electron chi connectivity index (χ3n) is 6.77. The van der Waals surface area contributed by atoms with Crippen LogP contribution in [-0.2, 0) is 11.3 Å². The van der Waals surface area contributed by atoms with Crippen molar-refractivity contribution in [3.05, 3.63) is 71.4 Å². The largest absolute Gasteiger partial charge is 0.357 e. The molecule has 4 nitrogen and oxygen atoms in total. The van der Waals surface area contributed by atoms with Crippen molar-refractivity contribution in [1.29, 1.82) is 0 Å². The van der Waals surface area contributed by atoms with E-state index in [0.717, 1.165) is 44.5 Å². The first-order valence-electron chi connectivity index (χ1n) is 10.3. The first-order valence-corrected chi connectivity index (χ1v) is 10.3. The molecule has 2 N–H and O–H groups in total. The van der Waals surface area contributed by atoms with Crippen LogP contribution in [0.15, 0.2) is 54.6 Å². The van der Waals surface area contributed by atoms with Gasteiger partial charge in [0.15, 0.2) is 0 Å². The minimum absolute atomic E-state index is 0.00343. The van der Waals surface area contributed by atoms with Gasteiger partial charge in [-0.2, -0.15) is 0 Å². The molecule has 1 amide bonds. The summed E-state index contributed by atoms with van der Waals surface area (Å²) in [5.74, 6) is 0.204. The molecule has 3 heterocycles. The van der Waals surface area contributed by atoms with Gasteiger partial charge in [-0.05, 0) is 43.4 Å². The van der Waals surface area contributed by atoms with Gasteiger partial charge < -0.3 is 10.3 Å². The SMILES string of the molecule is Cc1c(CN2CCC3(CC2)C[C@H](c2ccccc2)C(=O)N3)[nH]c2ccccc12. The van der Waals surface area contributed by atoms with Crippen LogP contribution in [0.3, 0.4) is 0 Å². The maximum absolute atomic E-state index is 12.6. The Bertz CT molecular complexity index is 999. The molecule has 0 unspecified atom stereocenters. The molecular weight excluding hydrogens is 346 g/mol. The molecule has 1 spiro atoms. The van der Waals surface area contributed by atoms with Crippen molar-refractivity contribution in [1.82, 2.24) is 15.2 Å². The van der Waals surface area contributed by atoms with Gasteiger partial charge in [-0.3, -0.25) is 9.69 Å². The average molecular weight is 374 g/mol. The fourth-order valence-electron chi connectivity index (χ4n) is 5.03. The Morgan fingerprint density at radius 1 is 1.04 bits per heavy atom. The highest BCUT2D eigenvalue weighted by molar-refractivity contribution is 5.87. The number of fused-ring (bicyclic) bond motifs is 1. The first-order chi connectivity index (χ1) is 13.6. The number of carbonyl (C=O) groups is 1. The van der Waals surface area contributed by atoms with Gasteiger partial charge in [0.05, 0.1) is 5.92 Å². The number of H-pyrrole nitrogens is 1. The zero-order valence-corrected chi connectivity index (χ0v) is 16.4. The van der Waals surface area contributed by atoms with Crippen LogP contribution < -0.4 is 5.32 Å². The van der Waals surface area contributed by atoms with Crippen LogP contribution in [0.5, 0.6) is 0 Å². The molecule has 2 saturated heterocycles. The van der Waals surface area contributed by atoms with E-state index in [-0.39, 0.29) is 17.4 Å². The number of hydrogen-bond donors (Lipinski definition) is 2. The van der Waals surface area contributed by atoms with Crippen LogP contribution in [0.4, 0.5) is 0 Å². The predicted octanol–water partition coefficient (Wildman–Crippen LogP) is 4.11. The van der Waals surface area contributed by atoms with E-state index < -0.39 is 0 Å². The summed E-state index contributed by atoms with van der Waals surface area (Å²) < 4.78 is 0. The summed E-state index contributed by atoms with van der Waals surface area (Å²) in [6.45, 7) is 5.21. The van der Waals surface area contributed by atoms with Crippen LogP contribution in [-0.4, -0.2) is 34.4 Å². The smallest absolute Gasteiger partial charge is 0.228 e. The summed E-state index contributed by atoms with van der Waals surface area (Å²) in [7, 11) is 0. The van der Waals surface area contributed by atoms with E-state index in [9.17, 15) is 4.79 Å². The quantitative estimate of drug-likeness (QED) is 0.726. The van der Waals surface area contributed by atoms with Crippen molar-refractivity contribution in [3.63, 3.8) is 0 Å². The molecule has 0 radical (unpaired) electrons. The number of piperidine rings is 1. The number of para-hydroxylation sites is 1. The average Bonchev–Trinajstić information content (AvgIpc) is 3.22. The van der Waals surface area contributed by atoms with Crippen LogP contribution in [0, 0.1) is 6.92 Å². The van der Waals surface area contributed by atoms with E-state index in [0.29, 0.717) is 0 Å². The Hall–Kier alpha value is -2.59. The molecule has 3 aromatic rings. The Balaban J connectivity index is 1.26. The molecule has 144 valence electrons. The molecule has 0 saturated carbocycles. The van der Waals surface area contributed by atoms with Crippen molar-refractivity contribution in [2.24, 2.45) is 0 Å². The lowest BCUT2D eigenvalue weighted by atomic mass is 9.82. The topological polar surface area (TPSA) is 48.1 Å². The molecule has 28 heavy (non-hydrogen) atoms.